The molecule has 0 bridgehead atoms. The van der Waals surface area contributed by atoms with Gasteiger partial charge in [0.25, 0.3) is 0 Å². The highest BCUT2D eigenvalue weighted by Gasteiger charge is 2.39. The van der Waals surface area contributed by atoms with Crippen LogP contribution in [0.4, 0.5) is 10.6 Å². The van der Waals surface area contributed by atoms with Crippen molar-refractivity contribution >= 4 is 11.9 Å². The number of likely N-dealkylation sites (N-methyl/N-ethyl adjacent to an activating group) is 1. The van der Waals surface area contributed by atoms with Gasteiger partial charge in [0.05, 0.1) is 17.4 Å². The highest BCUT2D eigenvalue weighted by Crippen LogP contribution is 2.39. The second kappa shape index (κ2) is 8.19. The molecule has 7 nitrogen and oxygen atoms in total. The summed E-state index contributed by atoms with van der Waals surface area (Å²) in [7, 11) is 2.07. The molecule has 7 heteroatoms. The Kier molecular flexibility index (Phi) is 5.73. The predicted molar refractivity (Wildman–Crippen MR) is 123 cm³/mol. The van der Waals surface area contributed by atoms with E-state index in [9.17, 15) is 4.79 Å². The number of benzene rings is 1. The van der Waals surface area contributed by atoms with Crippen LogP contribution in [-0.2, 0) is 11.2 Å². The molecule has 0 radical (unpaired) electrons. The van der Waals surface area contributed by atoms with Crippen LogP contribution in [0, 0.1) is 0 Å². The molecule has 0 saturated heterocycles. The van der Waals surface area contributed by atoms with Crippen LogP contribution < -0.4 is 10.2 Å². The van der Waals surface area contributed by atoms with Crippen LogP contribution in [0.2, 0.25) is 0 Å². The summed E-state index contributed by atoms with van der Waals surface area (Å²) in [5, 5.41) is 8.55. The third kappa shape index (κ3) is 4.28. The van der Waals surface area contributed by atoms with E-state index in [-0.39, 0.29) is 12.1 Å². The van der Waals surface area contributed by atoms with Crippen LogP contribution >= 0.6 is 0 Å². The monoisotopic (exact) mass is 425 g/mol. The Hall–Kier alpha value is -2.54. The number of anilines is 1. The van der Waals surface area contributed by atoms with E-state index in [1.807, 2.05) is 25.7 Å². The second-order valence-corrected chi connectivity index (χ2v) is 9.91. The van der Waals surface area contributed by atoms with E-state index in [2.05, 4.69) is 60.1 Å². The summed E-state index contributed by atoms with van der Waals surface area (Å²) in [6.45, 7) is 13.2. The molecule has 1 N–H and O–H groups in total. The molecule has 2 aliphatic rings. The summed E-state index contributed by atoms with van der Waals surface area (Å²) in [6, 6.07) is 8.58. The van der Waals surface area contributed by atoms with Crippen molar-refractivity contribution in [2.45, 2.75) is 58.6 Å². The smallest absolute Gasteiger partial charge is 0.410 e. The van der Waals surface area contributed by atoms with Gasteiger partial charge in [-0.15, -0.1) is 5.10 Å². The average Bonchev–Trinajstić information content (AvgIpc) is 3.08. The van der Waals surface area contributed by atoms with Crippen molar-refractivity contribution < 1.29 is 9.53 Å². The molecule has 3 heterocycles. The van der Waals surface area contributed by atoms with E-state index in [1.54, 1.807) is 0 Å². The maximum absolute atomic E-state index is 13.0. The zero-order valence-corrected chi connectivity index (χ0v) is 19.6. The lowest BCUT2D eigenvalue weighted by atomic mass is 9.96. The molecule has 0 saturated carbocycles. The standard InChI is InChI=1S/C24H35N5O2/c1-16(2)17-7-9-18(10-8-17)29-19-11-13-28(23(30)31-24(3,4)5)20-15-25-12-14-27(6)22(26-29)21(19)20/h7-10,16,20,25H,11-15H2,1-6H3. The highest BCUT2D eigenvalue weighted by molar-refractivity contribution is 5.71. The first kappa shape index (κ1) is 21.7. The van der Waals surface area contributed by atoms with Crippen LogP contribution in [0.15, 0.2) is 24.3 Å². The number of aromatic nitrogens is 2. The number of carbonyl (C=O) groups excluding carboxylic acids is 1. The Labute approximate surface area is 185 Å². The van der Waals surface area contributed by atoms with E-state index in [1.165, 1.54) is 11.3 Å². The number of amides is 1. The second-order valence-electron chi connectivity index (χ2n) is 9.91. The minimum Gasteiger partial charge on any atom is -0.444 e. The van der Waals surface area contributed by atoms with Gasteiger partial charge in [0.2, 0.25) is 0 Å². The van der Waals surface area contributed by atoms with Crippen LogP contribution in [-0.4, -0.2) is 59.6 Å². The lowest BCUT2D eigenvalue weighted by Crippen LogP contribution is -2.48. The van der Waals surface area contributed by atoms with Gasteiger partial charge in [0.15, 0.2) is 5.82 Å². The Morgan fingerprint density at radius 2 is 1.90 bits per heavy atom. The van der Waals surface area contributed by atoms with Gasteiger partial charge in [-0.05, 0) is 44.4 Å². The third-order valence-electron chi connectivity index (χ3n) is 6.06. The summed E-state index contributed by atoms with van der Waals surface area (Å²) in [4.78, 5) is 17.1. The van der Waals surface area contributed by atoms with E-state index < -0.39 is 5.60 Å². The molecule has 168 valence electrons. The molecule has 31 heavy (non-hydrogen) atoms. The highest BCUT2D eigenvalue weighted by atomic mass is 16.6. The normalized spacial score (nSPS) is 19.1. The fraction of sp³-hybridized carbons (Fsp3) is 0.583. The fourth-order valence-corrected chi connectivity index (χ4v) is 4.41. The quantitative estimate of drug-likeness (QED) is 0.791. The average molecular weight is 426 g/mol. The Morgan fingerprint density at radius 1 is 1.19 bits per heavy atom. The Morgan fingerprint density at radius 3 is 2.55 bits per heavy atom. The number of ether oxygens (including phenoxy) is 1. The molecule has 1 unspecified atom stereocenters. The van der Waals surface area contributed by atoms with Crippen LogP contribution in [0.1, 0.15) is 63.4 Å². The minimum atomic E-state index is -0.519. The lowest BCUT2D eigenvalue weighted by molar-refractivity contribution is 0.0140. The van der Waals surface area contributed by atoms with Gasteiger partial charge in [-0.2, -0.15) is 0 Å². The molecule has 0 aliphatic carbocycles. The molecule has 0 fully saturated rings. The van der Waals surface area contributed by atoms with Gasteiger partial charge < -0.3 is 15.0 Å². The molecule has 2 aromatic rings. The van der Waals surface area contributed by atoms with Gasteiger partial charge in [0.1, 0.15) is 5.60 Å². The molecular formula is C24H35N5O2. The zero-order valence-electron chi connectivity index (χ0n) is 19.6. The maximum Gasteiger partial charge on any atom is 0.410 e. The molecule has 2 aliphatic heterocycles. The van der Waals surface area contributed by atoms with Crippen molar-refractivity contribution in [3.8, 4) is 5.69 Å². The van der Waals surface area contributed by atoms with Crippen LogP contribution in [0.25, 0.3) is 5.69 Å². The van der Waals surface area contributed by atoms with E-state index in [0.29, 0.717) is 19.0 Å². The van der Waals surface area contributed by atoms with Crippen molar-refractivity contribution in [1.82, 2.24) is 20.0 Å². The van der Waals surface area contributed by atoms with E-state index >= 15 is 0 Å². The fourth-order valence-electron chi connectivity index (χ4n) is 4.41. The van der Waals surface area contributed by atoms with Gasteiger partial charge in [-0.3, -0.25) is 4.90 Å². The molecule has 1 aromatic heterocycles. The van der Waals surface area contributed by atoms with E-state index in [4.69, 9.17) is 9.84 Å². The largest absolute Gasteiger partial charge is 0.444 e. The van der Waals surface area contributed by atoms with Gasteiger partial charge in [-0.1, -0.05) is 26.0 Å². The molecule has 4 rings (SSSR count). The Balaban J connectivity index is 1.77. The number of carbonyl (C=O) groups is 1. The summed E-state index contributed by atoms with van der Waals surface area (Å²) < 4.78 is 7.81. The first-order chi connectivity index (χ1) is 14.7. The summed E-state index contributed by atoms with van der Waals surface area (Å²) >= 11 is 0. The van der Waals surface area contributed by atoms with Gasteiger partial charge >= 0.3 is 6.09 Å². The van der Waals surface area contributed by atoms with Gasteiger partial charge in [0, 0.05) is 45.2 Å². The summed E-state index contributed by atoms with van der Waals surface area (Å²) in [5.41, 5.74) is 4.19. The Bertz CT molecular complexity index is 942. The molecule has 1 aromatic carbocycles. The summed E-state index contributed by atoms with van der Waals surface area (Å²) in [6.07, 6.45) is 0.492. The molecule has 1 amide bonds. The van der Waals surface area contributed by atoms with Gasteiger partial charge in [-0.25, -0.2) is 9.48 Å². The first-order valence-corrected chi connectivity index (χ1v) is 11.3. The topological polar surface area (TPSA) is 62.6 Å². The number of nitrogens with one attached hydrogen (secondary N) is 1. The number of rotatable bonds is 2. The lowest BCUT2D eigenvalue weighted by Gasteiger charge is -2.39. The SMILES string of the molecule is CC(C)c1ccc(-n2nc3c4c2CCN(C(=O)OC(C)(C)C)C4CNCCN3C)cc1. The van der Waals surface area contributed by atoms with Crippen LogP contribution in [0.5, 0.6) is 0 Å². The van der Waals surface area contributed by atoms with Crippen molar-refractivity contribution in [1.29, 1.82) is 0 Å². The van der Waals surface area contributed by atoms with Crippen molar-refractivity contribution in [2.24, 2.45) is 0 Å². The molecule has 0 spiro atoms. The predicted octanol–water partition coefficient (Wildman–Crippen LogP) is 3.87. The molecule has 1 atom stereocenters. The van der Waals surface area contributed by atoms with Crippen molar-refractivity contribution in [2.75, 3.05) is 38.1 Å². The van der Waals surface area contributed by atoms with Crippen LogP contribution in [0.3, 0.4) is 0 Å². The number of hydrogen-bond donors (Lipinski definition) is 1. The molecular weight excluding hydrogens is 390 g/mol. The maximum atomic E-state index is 13.0. The summed E-state index contributed by atoms with van der Waals surface area (Å²) in [5.74, 6) is 1.46. The number of hydrogen-bond acceptors (Lipinski definition) is 5. The first-order valence-electron chi connectivity index (χ1n) is 11.3. The van der Waals surface area contributed by atoms with Crippen molar-refractivity contribution in [3.05, 3.63) is 41.1 Å². The van der Waals surface area contributed by atoms with Crippen molar-refractivity contribution in [3.63, 3.8) is 0 Å². The van der Waals surface area contributed by atoms with E-state index in [0.717, 1.165) is 36.6 Å². The minimum absolute atomic E-state index is 0.0972. The third-order valence-corrected chi connectivity index (χ3v) is 6.06. The zero-order chi connectivity index (χ0) is 22.3. The number of nitrogens with zero attached hydrogens (tertiary/aromatic N) is 4.